The first kappa shape index (κ1) is 16.5. The van der Waals surface area contributed by atoms with Gasteiger partial charge in [-0.1, -0.05) is 37.3 Å². The molecule has 3 rings (SSSR count). The van der Waals surface area contributed by atoms with Gasteiger partial charge in [0.2, 0.25) is 0 Å². The Morgan fingerprint density at radius 2 is 1.79 bits per heavy atom. The second-order valence-corrected chi connectivity index (χ2v) is 7.32. The number of benzene rings is 2. The summed E-state index contributed by atoms with van der Waals surface area (Å²) in [5.74, 6) is 0.404. The lowest BCUT2D eigenvalue weighted by molar-refractivity contribution is 0.0985. The largest absolute Gasteiger partial charge is 0.340 e. The van der Waals surface area contributed by atoms with Crippen molar-refractivity contribution in [2.45, 2.75) is 11.8 Å². The Kier molecular flexibility index (Phi) is 4.53. The van der Waals surface area contributed by atoms with Crippen molar-refractivity contribution in [3.8, 4) is 0 Å². The van der Waals surface area contributed by atoms with Crippen molar-refractivity contribution in [2.24, 2.45) is 7.05 Å². The summed E-state index contributed by atoms with van der Waals surface area (Å²) in [6.07, 6.45) is 0. The minimum Gasteiger partial charge on any atom is -0.340 e. The van der Waals surface area contributed by atoms with Gasteiger partial charge in [-0.05, 0) is 24.3 Å². The zero-order valence-electron chi connectivity index (χ0n) is 14.0. The zero-order valence-corrected chi connectivity index (χ0v) is 14.8. The SMILES string of the molecule is CCS(=O)c1ccccc1N(C)C(=O)c1cc2ccccc2n1C. The third-order valence-corrected chi connectivity index (χ3v) is 5.57. The highest BCUT2D eigenvalue weighted by Gasteiger charge is 2.21. The minimum absolute atomic E-state index is 0.116. The topological polar surface area (TPSA) is 42.3 Å². The first-order chi connectivity index (χ1) is 11.5. The Hall–Kier alpha value is -2.40. The van der Waals surface area contributed by atoms with E-state index in [1.807, 2.05) is 73.1 Å². The van der Waals surface area contributed by atoms with Crippen molar-refractivity contribution in [1.29, 1.82) is 0 Å². The van der Waals surface area contributed by atoms with E-state index in [0.29, 0.717) is 22.0 Å². The van der Waals surface area contributed by atoms with Crippen molar-refractivity contribution in [3.63, 3.8) is 0 Å². The van der Waals surface area contributed by atoms with Crippen LogP contribution in [0.1, 0.15) is 17.4 Å². The molecule has 1 unspecified atom stereocenters. The number of nitrogens with zero attached hydrogens (tertiary/aromatic N) is 2. The van der Waals surface area contributed by atoms with E-state index in [2.05, 4.69) is 0 Å². The molecule has 0 N–H and O–H groups in total. The molecule has 1 atom stereocenters. The number of hydrogen-bond acceptors (Lipinski definition) is 2. The summed E-state index contributed by atoms with van der Waals surface area (Å²) in [5.41, 5.74) is 2.31. The maximum Gasteiger partial charge on any atom is 0.274 e. The van der Waals surface area contributed by atoms with Crippen LogP contribution in [0.25, 0.3) is 10.9 Å². The van der Waals surface area contributed by atoms with Crippen molar-refractivity contribution >= 4 is 33.3 Å². The molecular formula is C19H20N2O2S. The van der Waals surface area contributed by atoms with Gasteiger partial charge in [-0.3, -0.25) is 9.00 Å². The van der Waals surface area contributed by atoms with Crippen LogP contribution in [0.2, 0.25) is 0 Å². The smallest absolute Gasteiger partial charge is 0.274 e. The number of para-hydroxylation sites is 2. The van der Waals surface area contributed by atoms with Crippen molar-refractivity contribution in [2.75, 3.05) is 17.7 Å². The van der Waals surface area contributed by atoms with Gasteiger partial charge in [-0.25, -0.2) is 0 Å². The normalized spacial score (nSPS) is 12.3. The fourth-order valence-corrected chi connectivity index (χ4v) is 3.84. The molecule has 1 aromatic heterocycles. The van der Waals surface area contributed by atoms with Crippen LogP contribution < -0.4 is 4.90 Å². The molecule has 0 bridgehead atoms. The summed E-state index contributed by atoms with van der Waals surface area (Å²) in [6, 6.07) is 17.2. The number of aryl methyl sites for hydroxylation is 1. The fraction of sp³-hybridized carbons (Fsp3) is 0.211. The van der Waals surface area contributed by atoms with Crippen LogP contribution >= 0.6 is 0 Å². The van der Waals surface area contributed by atoms with Crippen molar-refractivity contribution in [1.82, 2.24) is 4.57 Å². The van der Waals surface area contributed by atoms with Gasteiger partial charge in [-0.2, -0.15) is 0 Å². The Morgan fingerprint density at radius 1 is 1.12 bits per heavy atom. The molecule has 0 aliphatic rings. The van der Waals surface area contributed by atoms with Crippen LogP contribution in [-0.4, -0.2) is 27.5 Å². The molecule has 1 amide bonds. The molecule has 0 spiro atoms. The van der Waals surface area contributed by atoms with Gasteiger partial charge >= 0.3 is 0 Å². The average Bonchev–Trinajstić information content (AvgIpc) is 2.97. The van der Waals surface area contributed by atoms with E-state index in [1.54, 1.807) is 11.9 Å². The third kappa shape index (κ3) is 2.76. The van der Waals surface area contributed by atoms with Crippen molar-refractivity contribution < 1.29 is 9.00 Å². The van der Waals surface area contributed by atoms with Crippen molar-refractivity contribution in [3.05, 3.63) is 60.3 Å². The Bertz CT molecular complexity index is 930. The molecule has 0 fully saturated rings. The van der Waals surface area contributed by atoms with E-state index >= 15 is 0 Å². The second kappa shape index (κ2) is 6.61. The van der Waals surface area contributed by atoms with Crippen LogP contribution in [0.5, 0.6) is 0 Å². The molecule has 3 aromatic rings. The molecule has 4 nitrogen and oxygen atoms in total. The molecule has 24 heavy (non-hydrogen) atoms. The maximum atomic E-state index is 13.0. The quantitative estimate of drug-likeness (QED) is 0.728. The summed E-state index contributed by atoms with van der Waals surface area (Å²) in [7, 11) is 2.50. The van der Waals surface area contributed by atoms with Gasteiger partial charge < -0.3 is 9.47 Å². The number of fused-ring (bicyclic) bond motifs is 1. The standard InChI is InChI=1S/C19H20N2O2S/c1-4-24(23)18-12-8-7-11-16(18)21(3)19(22)17-13-14-9-5-6-10-15(14)20(17)2/h5-13H,4H2,1-3H3. The van der Waals surface area contributed by atoms with Crippen LogP contribution in [0.4, 0.5) is 5.69 Å². The molecule has 0 aliphatic heterocycles. The molecular weight excluding hydrogens is 320 g/mol. The Morgan fingerprint density at radius 3 is 2.50 bits per heavy atom. The number of anilines is 1. The van der Waals surface area contributed by atoms with E-state index < -0.39 is 10.8 Å². The Labute approximate surface area is 144 Å². The number of hydrogen-bond donors (Lipinski definition) is 0. The summed E-state index contributed by atoms with van der Waals surface area (Å²) >= 11 is 0. The van der Waals surface area contributed by atoms with Gasteiger partial charge in [0.1, 0.15) is 5.69 Å². The van der Waals surface area contributed by atoms with Gasteiger partial charge in [-0.15, -0.1) is 0 Å². The molecule has 0 radical (unpaired) electrons. The third-order valence-electron chi connectivity index (χ3n) is 4.21. The van der Waals surface area contributed by atoms with E-state index in [4.69, 9.17) is 0 Å². The van der Waals surface area contributed by atoms with E-state index in [9.17, 15) is 9.00 Å². The first-order valence-corrected chi connectivity index (χ1v) is 9.16. The highest BCUT2D eigenvalue weighted by atomic mass is 32.2. The summed E-state index contributed by atoms with van der Waals surface area (Å²) < 4.78 is 14.2. The highest BCUT2D eigenvalue weighted by Crippen LogP contribution is 2.26. The lowest BCUT2D eigenvalue weighted by atomic mass is 10.2. The van der Waals surface area contributed by atoms with Gasteiger partial charge in [0.05, 0.1) is 21.4 Å². The van der Waals surface area contributed by atoms with Gasteiger partial charge in [0.25, 0.3) is 5.91 Å². The lowest BCUT2D eigenvalue weighted by Crippen LogP contribution is -2.29. The molecule has 1 heterocycles. The first-order valence-electron chi connectivity index (χ1n) is 7.84. The van der Waals surface area contributed by atoms with E-state index in [1.165, 1.54) is 0 Å². The van der Waals surface area contributed by atoms with E-state index in [-0.39, 0.29) is 5.91 Å². The molecule has 0 saturated heterocycles. The van der Waals surface area contributed by atoms with Crippen LogP contribution in [0, 0.1) is 0 Å². The number of carbonyl (C=O) groups excluding carboxylic acids is 1. The van der Waals surface area contributed by atoms with Crippen LogP contribution in [-0.2, 0) is 17.8 Å². The second-order valence-electron chi connectivity index (χ2n) is 5.61. The predicted molar refractivity (Wildman–Crippen MR) is 99.0 cm³/mol. The summed E-state index contributed by atoms with van der Waals surface area (Å²) in [6.45, 7) is 1.87. The van der Waals surface area contributed by atoms with Gasteiger partial charge in [0, 0.05) is 30.8 Å². The zero-order chi connectivity index (χ0) is 17.3. The Balaban J connectivity index is 2.04. The number of carbonyl (C=O) groups is 1. The number of aromatic nitrogens is 1. The molecule has 0 saturated carbocycles. The van der Waals surface area contributed by atoms with Gasteiger partial charge in [0.15, 0.2) is 0 Å². The lowest BCUT2D eigenvalue weighted by Gasteiger charge is -2.20. The van der Waals surface area contributed by atoms with E-state index in [0.717, 1.165) is 10.9 Å². The monoisotopic (exact) mass is 340 g/mol. The number of rotatable bonds is 4. The average molecular weight is 340 g/mol. The molecule has 5 heteroatoms. The number of amides is 1. The fourth-order valence-electron chi connectivity index (χ4n) is 2.86. The minimum atomic E-state index is -1.12. The predicted octanol–water partition coefficient (Wildman–Crippen LogP) is 3.58. The summed E-state index contributed by atoms with van der Waals surface area (Å²) in [4.78, 5) is 15.3. The van der Waals surface area contributed by atoms with Crippen LogP contribution in [0.15, 0.2) is 59.5 Å². The molecule has 124 valence electrons. The molecule has 0 aliphatic carbocycles. The highest BCUT2D eigenvalue weighted by molar-refractivity contribution is 7.85. The molecule has 2 aromatic carbocycles. The maximum absolute atomic E-state index is 13.0. The summed E-state index contributed by atoms with van der Waals surface area (Å²) in [5, 5.41) is 1.03. The van der Waals surface area contributed by atoms with Crippen LogP contribution in [0.3, 0.4) is 0 Å².